The molecule has 324 valence electrons. The number of phosphoric acid groups is 1. The molecular formula is C45H80NO9P. The molecule has 10 nitrogen and oxygen atoms in total. The minimum absolute atomic E-state index is 0.0382. The molecule has 0 aromatic heterocycles. The summed E-state index contributed by atoms with van der Waals surface area (Å²) < 4.78 is 32.7. The molecule has 0 rings (SSSR count). The lowest BCUT2D eigenvalue weighted by atomic mass is 10.1. The predicted molar refractivity (Wildman–Crippen MR) is 230 cm³/mol. The average Bonchev–Trinajstić information content (AvgIpc) is 3.17. The van der Waals surface area contributed by atoms with E-state index in [2.05, 4.69) is 61.6 Å². The van der Waals surface area contributed by atoms with Crippen LogP contribution in [0.15, 0.2) is 60.8 Å². The molecule has 0 aliphatic heterocycles. The van der Waals surface area contributed by atoms with E-state index in [1.807, 2.05) is 13.0 Å². The Labute approximate surface area is 341 Å². The third kappa shape index (κ3) is 41.3. The number of rotatable bonds is 40. The van der Waals surface area contributed by atoms with E-state index in [-0.39, 0.29) is 38.7 Å². The molecule has 0 radical (unpaired) electrons. The third-order valence-electron chi connectivity index (χ3n) is 8.89. The van der Waals surface area contributed by atoms with E-state index in [1.54, 1.807) is 0 Å². The van der Waals surface area contributed by atoms with E-state index in [0.717, 1.165) is 70.6 Å². The maximum Gasteiger partial charge on any atom is 0.472 e. The first kappa shape index (κ1) is 53.7. The smallest absolute Gasteiger partial charge is 0.462 e. The van der Waals surface area contributed by atoms with Gasteiger partial charge >= 0.3 is 19.8 Å². The molecule has 0 aliphatic carbocycles. The molecule has 0 saturated carbocycles. The Hall–Kier alpha value is -2.33. The number of hydrogen-bond acceptors (Lipinski definition) is 9. The van der Waals surface area contributed by atoms with E-state index >= 15 is 0 Å². The Morgan fingerprint density at radius 1 is 0.607 bits per heavy atom. The van der Waals surface area contributed by atoms with E-state index < -0.39 is 32.5 Å². The van der Waals surface area contributed by atoms with Gasteiger partial charge in [-0.15, -0.1) is 0 Å². The molecule has 56 heavy (non-hydrogen) atoms. The van der Waals surface area contributed by atoms with E-state index in [0.29, 0.717) is 12.8 Å². The second kappa shape index (κ2) is 40.9. The fourth-order valence-electron chi connectivity index (χ4n) is 5.64. The van der Waals surface area contributed by atoms with Gasteiger partial charge < -0.3 is 25.2 Å². The number of aliphatic hydroxyl groups is 1. The lowest BCUT2D eigenvalue weighted by molar-refractivity contribution is -0.161. The van der Waals surface area contributed by atoms with Crippen LogP contribution >= 0.6 is 7.82 Å². The first-order valence-electron chi connectivity index (χ1n) is 21.8. The molecule has 0 aromatic carbocycles. The molecule has 3 atom stereocenters. The quantitative estimate of drug-likeness (QED) is 0.0236. The first-order chi connectivity index (χ1) is 27.2. The zero-order chi connectivity index (χ0) is 41.2. The van der Waals surface area contributed by atoms with Crippen LogP contribution in [0.5, 0.6) is 0 Å². The van der Waals surface area contributed by atoms with Crippen LogP contribution in [-0.2, 0) is 32.7 Å². The highest BCUT2D eigenvalue weighted by Crippen LogP contribution is 2.43. The summed E-state index contributed by atoms with van der Waals surface area (Å²) in [5.41, 5.74) is 5.34. The summed E-state index contributed by atoms with van der Waals surface area (Å²) in [6, 6.07) is 0. The minimum atomic E-state index is -4.40. The van der Waals surface area contributed by atoms with E-state index in [1.165, 1.54) is 64.2 Å². The lowest BCUT2D eigenvalue weighted by Crippen LogP contribution is -2.29. The molecule has 4 N–H and O–H groups in total. The number of phosphoric ester groups is 1. The first-order valence-corrected chi connectivity index (χ1v) is 23.3. The predicted octanol–water partition coefficient (Wildman–Crippen LogP) is 11.5. The number of allylic oxidation sites excluding steroid dienone is 10. The summed E-state index contributed by atoms with van der Waals surface area (Å²) in [5.74, 6) is -0.919. The van der Waals surface area contributed by atoms with Gasteiger partial charge in [-0.1, -0.05) is 132 Å². The number of nitrogens with two attached hydrogens (primary N) is 1. The van der Waals surface area contributed by atoms with Gasteiger partial charge in [0.15, 0.2) is 6.10 Å². The SMILES string of the molecule is CCCCCCCC/C=C\CCCCCCCCCC(=O)O[C@H](COC(=O)CCC/C=C\C/C=C\C/C=C\C/C=C\CCC[C@@H](C)O)COP(=O)(O)OCCN. The second-order valence-corrected chi connectivity index (χ2v) is 15.9. The van der Waals surface area contributed by atoms with Crippen molar-refractivity contribution in [1.29, 1.82) is 0 Å². The van der Waals surface area contributed by atoms with Crippen molar-refractivity contribution in [3.8, 4) is 0 Å². The Kier molecular flexibility index (Phi) is 39.2. The number of carbonyl (C=O) groups excluding carboxylic acids is 2. The summed E-state index contributed by atoms with van der Waals surface area (Å²) in [5, 5.41) is 9.26. The molecule has 1 unspecified atom stereocenters. The van der Waals surface area contributed by atoms with Gasteiger partial charge in [-0.05, 0) is 90.4 Å². The van der Waals surface area contributed by atoms with Crippen molar-refractivity contribution in [1.82, 2.24) is 0 Å². The van der Waals surface area contributed by atoms with Gasteiger partial charge in [0.2, 0.25) is 0 Å². The van der Waals surface area contributed by atoms with Crippen molar-refractivity contribution in [3.05, 3.63) is 60.8 Å². The van der Waals surface area contributed by atoms with E-state index in [9.17, 15) is 24.2 Å². The molecular weight excluding hydrogens is 729 g/mol. The normalized spacial score (nSPS) is 14.4. The maximum atomic E-state index is 12.6. The van der Waals surface area contributed by atoms with Crippen LogP contribution in [0.1, 0.15) is 174 Å². The van der Waals surface area contributed by atoms with Crippen molar-refractivity contribution in [2.75, 3.05) is 26.4 Å². The van der Waals surface area contributed by atoms with Crippen LogP contribution in [0.3, 0.4) is 0 Å². The van der Waals surface area contributed by atoms with Crippen LogP contribution in [0.4, 0.5) is 0 Å². The molecule has 0 heterocycles. The highest BCUT2D eigenvalue weighted by Gasteiger charge is 2.26. The fraction of sp³-hybridized carbons (Fsp3) is 0.733. The fourth-order valence-corrected chi connectivity index (χ4v) is 6.40. The summed E-state index contributed by atoms with van der Waals surface area (Å²) in [6.45, 7) is 3.19. The molecule has 0 aliphatic rings. The van der Waals surface area contributed by atoms with Gasteiger partial charge in [-0.3, -0.25) is 18.6 Å². The van der Waals surface area contributed by atoms with Crippen LogP contribution in [0, 0.1) is 0 Å². The molecule has 0 spiro atoms. The molecule has 11 heteroatoms. The van der Waals surface area contributed by atoms with Crippen molar-refractivity contribution in [2.24, 2.45) is 5.73 Å². The number of unbranched alkanes of at least 4 members (excludes halogenated alkanes) is 15. The number of esters is 2. The van der Waals surface area contributed by atoms with Crippen molar-refractivity contribution < 1.29 is 42.7 Å². The second-order valence-electron chi connectivity index (χ2n) is 14.5. The number of aliphatic hydroxyl groups excluding tert-OH is 1. The molecule has 0 amide bonds. The van der Waals surface area contributed by atoms with E-state index in [4.69, 9.17) is 24.3 Å². The van der Waals surface area contributed by atoms with Crippen LogP contribution in [-0.4, -0.2) is 60.5 Å². The highest BCUT2D eigenvalue weighted by atomic mass is 31.2. The number of carbonyl (C=O) groups is 2. The van der Waals surface area contributed by atoms with Crippen LogP contribution in [0.25, 0.3) is 0 Å². The largest absolute Gasteiger partial charge is 0.472 e. The Morgan fingerprint density at radius 2 is 1.07 bits per heavy atom. The van der Waals surface area contributed by atoms with Gasteiger partial charge in [0, 0.05) is 19.4 Å². The standard InChI is InChI=1S/C45H80NO9P/c1-3-4-5-6-7-8-9-10-11-12-15-19-22-25-28-31-34-37-45(49)55-43(41-54-56(50,51)53-39-38-46)40-52-44(48)36-33-30-27-24-21-18-16-13-14-17-20-23-26-29-32-35-42(2)47/h10-11,14,16-18,23-24,26-27,42-43,47H,3-9,12-13,15,19-22,25,28-41,46H2,1-2H3,(H,50,51)/b11-10-,17-14-,18-16-,26-23-,27-24-/t42-,43-/m1/s1. The minimum Gasteiger partial charge on any atom is -0.462 e. The van der Waals surface area contributed by atoms with Gasteiger partial charge in [0.05, 0.1) is 19.3 Å². The Bertz CT molecular complexity index is 1120. The Morgan fingerprint density at radius 3 is 1.62 bits per heavy atom. The van der Waals surface area contributed by atoms with Crippen molar-refractivity contribution in [2.45, 2.75) is 187 Å². The molecule has 0 aromatic rings. The van der Waals surface area contributed by atoms with Crippen LogP contribution in [0.2, 0.25) is 0 Å². The molecule has 0 fully saturated rings. The van der Waals surface area contributed by atoms with Crippen LogP contribution < -0.4 is 5.73 Å². The van der Waals surface area contributed by atoms with Gasteiger partial charge in [0.1, 0.15) is 6.61 Å². The Balaban J connectivity index is 4.26. The summed E-state index contributed by atoms with van der Waals surface area (Å²) >= 11 is 0. The maximum absolute atomic E-state index is 12.6. The lowest BCUT2D eigenvalue weighted by Gasteiger charge is -2.19. The zero-order valence-corrected chi connectivity index (χ0v) is 36.1. The topological polar surface area (TPSA) is 155 Å². The summed E-state index contributed by atoms with van der Waals surface area (Å²) in [4.78, 5) is 34.8. The van der Waals surface area contributed by atoms with Gasteiger partial charge in [-0.2, -0.15) is 0 Å². The van der Waals surface area contributed by atoms with Gasteiger partial charge in [0.25, 0.3) is 0 Å². The summed E-state index contributed by atoms with van der Waals surface area (Å²) in [6.07, 6.45) is 45.3. The average molecular weight is 810 g/mol. The number of ether oxygens (including phenoxy) is 2. The zero-order valence-electron chi connectivity index (χ0n) is 35.2. The monoisotopic (exact) mass is 810 g/mol. The third-order valence-corrected chi connectivity index (χ3v) is 9.88. The van der Waals surface area contributed by atoms with Crippen molar-refractivity contribution in [3.63, 3.8) is 0 Å². The summed E-state index contributed by atoms with van der Waals surface area (Å²) in [7, 11) is -4.40. The van der Waals surface area contributed by atoms with Gasteiger partial charge in [-0.25, -0.2) is 4.57 Å². The molecule has 0 bridgehead atoms. The number of hydrogen-bond donors (Lipinski definition) is 3. The molecule has 0 saturated heterocycles. The van der Waals surface area contributed by atoms with Crippen molar-refractivity contribution >= 4 is 19.8 Å². The highest BCUT2D eigenvalue weighted by molar-refractivity contribution is 7.47.